The molecule has 2 saturated heterocycles. The Kier molecular flexibility index (Phi) is 11.1. The van der Waals surface area contributed by atoms with E-state index in [1.165, 1.54) is 4.90 Å². The third-order valence-electron chi connectivity index (χ3n) is 8.63. The summed E-state index contributed by atoms with van der Waals surface area (Å²) in [7, 11) is 1.59. The predicted molar refractivity (Wildman–Crippen MR) is 164 cm³/mol. The molecule has 1 aromatic heterocycles. The van der Waals surface area contributed by atoms with Crippen molar-refractivity contribution in [3.05, 3.63) is 29.6 Å². The number of hydrogen-bond acceptors (Lipinski definition) is 6. The van der Waals surface area contributed by atoms with Gasteiger partial charge in [-0.2, -0.15) is 0 Å². The Morgan fingerprint density at radius 3 is 2.40 bits per heavy atom. The van der Waals surface area contributed by atoms with E-state index in [2.05, 4.69) is 4.98 Å². The van der Waals surface area contributed by atoms with Crippen molar-refractivity contribution in [1.82, 2.24) is 24.3 Å². The van der Waals surface area contributed by atoms with Crippen LogP contribution in [0, 0.1) is 28.9 Å². The van der Waals surface area contributed by atoms with Gasteiger partial charge in [0.25, 0.3) is 5.91 Å². The molecule has 1 N–H and O–H groups in total. The lowest BCUT2D eigenvalue weighted by molar-refractivity contribution is -0.144. The van der Waals surface area contributed by atoms with Crippen LogP contribution in [0.25, 0.3) is 11.0 Å². The Morgan fingerprint density at radius 1 is 1.13 bits per heavy atom. The Morgan fingerprint density at radius 2 is 1.80 bits per heavy atom. The van der Waals surface area contributed by atoms with Crippen LogP contribution in [-0.2, 0) is 20.8 Å². The number of amides is 3. The molecule has 4 rings (SSSR count). The van der Waals surface area contributed by atoms with Crippen molar-refractivity contribution in [2.45, 2.75) is 72.5 Å². The van der Waals surface area contributed by atoms with E-state index in [0.29, 0.717) is 57.8 Å². The van der Waals surface area contributed by atoms with E-state index in [4.69, 9.17) is 9.47 Å². The average molecular weight is 636 g/mol. The average Bonchev–Trinajstić information content (AvgIpc) is 3.33. The van der Waals surface area contributed by atoms with Crippen molar-refractivity contribution < 1.29 is 37.7 Å². The summed E-state index contributed by atoms with van der Waals surface area (Å²) in [6.07, 6.45) is 0.376. The molecule has 3 heterocycles. The Bertz CT molecular complexity index is 1370. The molecule has 3 amide bonds. The first-order valence-electron chi connectivity index (χ1n) is 15.8. The smallest absolute Gasteiger partial charge is 0.407 e. The van der Waals surface area contributed by atoms with Gasteiger partial charge in [-0.05, 0) is 30.6 Å². The van der Waals surface area contributed by atoms with E-state index in [-0.39, 0.29) is 42.7 Å². The molecule has 2 aromatic rings. The molecule has 0 radical (unpaired) electrons. The molecule has 11 nitrogen and oxygen atoms in total. The molecular formula is C32H47F2N5O6. The van der Waals surface area contributed by atoms with Crippen molar-refractivity contribution in [2.24, 2.45) is 17.3 Å². The van der Waals surface area contributed by atoms with Gasteiger partial charge in [0, 0.05) is 58.6 Å². The number of carbonyl (C=O) groups is 3. The summed E-state index contributed by atoms with van der Waals surface area (Å²) in [6, 6.07) is 0.733. The highest BCUT2D eigenvalue weighted by molar-refractivity contribution is 5.95. The molecule has 0 saturated carbocycles. The van der Waals surface area contributed by atoms with Gasteiger partial charge in [0.2, 0.25) is 5.91 Å². The third kappa shape index (κ3) is 7.74. The normalized spacial score (nSPS) is 21.0. The molecule has 1 unspecified atom stereocenters. The number of likely N-dealkylation sites (tertiary alicyclic amines) is 1. The number of halogens is 2. The number of nitrogens with zero attached hydrogens (tertiary/aromatic N) is 5. The summed E-state index contributed by atoms with van der Waals surface area (Å²) in [5, 5.41) is 10.4. The second kappa shape index (κ2) is 14.4. The number of rotatable bonds is 10. The highest BCUT2D eigenvalue weighted by Crippen LogP contribution is 2.38. The highest BCUT2D eigenvalue weighted by atomic mass is 19.2. The number of methoxy groups -OCH3 is 1. The highest BCUT2D eigenvalue weighted by Gasteiger charge is 2.50. The molecule has 2 aliphatic rings. The van der Waals surface area contributed by atoms with Gasteiger partial charge in [0.05, 0.1) is 42.2 Å². The molecule has 0 bridgehead atoms. The van der Waals surface area contributed by atoms with Gasteiger partial charge < -0.3 is 33.8 Å². The fourth-order valence-corrected chi connectivity index (χ4v) is 6.73. The fourth-order valence-electron chi connectivity index (χ4n) is 6.73. The summed E-state index contributed by atoms with van der Waals surface area (Å²) >= 11 is 0. The van der Waals surface area contributed by atoms with E-state index in [1.54, 1.807) is 21.5 Å². The summed E-state index contributed by atoms with van der Waals surface area (Å²) in [5.74, 6) is -3.40. The van der Waals surface area contributed by atoms with Gasteiger partial charge in [-0.1, -0.05) is 34.6 Å². The second-order valence-corrected chi connectivity index (χ2v) is 13.6. The molecule has 3 atom stereocenters. The fraction of sp³-hybridized carbons (Fsp3) is 0.688. The van der Waals surface area contributed by atoms with E-state index in [9.17, 15) is 28.3 Å². The van der Waals surface area contributed by atoms with Crippen LogP contribution in [0.15, 0.2) is 12.1 Å². The summed E-state index contributed by atoms with van der Waals surface area (Å²) in [4.78, 5) is 50.4. The Balaban J connectivity index is 1.82. The van der Waals surface area contributed by atoms with E-state index in [1.807, 2.05) is 34.6 Å². The van der Waals surface area contributed by atoms with E-state index in [0.717, 1.165) is 12.1 Å². The van der Waals surface area contributed by atoms with Crippen LogP contribution in [0.5, 0.6) is 0 Å². The number of piperidine rings is 1. The number of unbranched alkanes of at least 4 members (excludes halogenated alkanes) is 1. The maximum absolute atomic E-state index is 14.7. The van der Waals surface area contributed by atoms with Crippen molar-refractivity contribution in [3.8, 4) is 0 Å². The number of aromatic nitrogens is 2. The zero-order valence-corrected chi connectivity index (χ0v) is 27.2. The van der Waals surface area contributed by atoms with Crippen LogP contribution in [0.2, 0.25) is 0 Å². The molecule has 1 aromatic carbocycles. The SMILES string of the molecule is COCCCCn1c(C(=O)N(CC(C)C)[C@H]2C[C@@H](C(=O)N3CCOCC3)CN(C(=O)O)C2C(C)(C)C)nc2cc(F)c(F)cc21. The Labute approximate surface area is 263 Å². The van der Waals surface area contributed by atoms with Crippen molar-refractivity contribution in [2.75, 3.05) is 53.1 Å². The number of morpholine rings is 1. The number of imidazole rings is 1. The van der Waals surface area contributed by atoms with Gasteiger partial charge in [-0.3, -0.25) is 9.59 Å². The van der Waals surface area contributed by atoms with Crippen molar-refractivity contribution in [1.29, 1.82) is 0 Å². The van der Waals surface area contributed by atoms with Gasteiger partial charge in [0.1, 0.15) is 0 Å². The first-order chi connectivity index (χ1) is 21.2. The lowest BCUT2D eigenvalue weighted by Crippen LogP contribution is -2.66. The zero-order valence-electron chi connectivity index (χ0n) is 27.2. The first-order valence-corrected chi connectivity index (χ1v) is 15.8. The molecule has 45 heavy (non-hydrogen) atoms. The maximum atomic E-state index is 14.7. The standard InChI is InChI=1S/C32H47F2N5O6/c1-20(2)18-38(30(41)28-35-24-16-22(33)23(34)17-25(24)37(28)9-7-8-12-44-6)26-15-21(29(40)36-10-13-45-14-11-36)19-39(31(42)43)27(26)32(3,4)5/h16-17,20-21,26-27H,7-15,18-19H2,1-6H3,(H,42,43)/t21-,26+,27?/m1/s1. The van der Waals surface area contributed by atoms with Crippen LogP contribution in [0.1, 0.15) is 64.5 Å². The molecule has 0 spiro atoms. The number of carboxylic acid groups (broad SMARTS) is 1. The van der Waals surface area contributed by atoms with Gasteiger partial charge in [-0.15, -0.1) is 0 Å². The van der Waals surface area contributed by atoms with Gasteiger partial charge in [0.15, 0.2) is 17.5 Å². The largest absolute Gasteiger partial charge is 0.465 e. The molecule has 2 fully saturated rings. The first kappa shape index (κ1) is 34.6. The minimum absolute atomic E-state index is 0.0161. The number of ether oxygens (including phenoxy) is 2. The van der Waals surface area contributed by atoms with Gasteiger partial charge in [-0.25, -0.2) is 18.6 Å². The van der Waals surface area contributed by atoms with E-state index >= 15 is 0 Å². The monoisotopic (exact) mass is 635 g/mol. The molecular weight excluding hydrogens is 588 g/mol. The number of aryl methyl sites for hydroxylation is 1. The lowest BCUT2D eigenvalue weighted by atomic mass is 9.74. The number of carbonyl (C=O) groups excluding carboxylic acids is 2. The molecule has 2 aliphatic heterocycles. The van der Waals surface area contributed by atoms with Crippen molar-refractivity contribution >= 4 is 28.9 Å². The predicted octanol–water partition coefficient (Wildman–Crippen LogP) is 4.48. The van der Waals surface area contributed by atoms with Crippen molar-refractivity contribution in [3.63, 3.8) is 0 Å². The minimum atomic E-state index is -1.16. The minimum Gasteiger partial charge on any atom is -0.465 e. The van der Waals surface area contributed by atoms with Crippen LogP contribution < -0.4 is 0 Å². The maximum Gasteiger partial charge on any atom is 0.407 e. The number of hydrogen-bond donors (Lipinski definition) is 1. The topological polar surface area (TPSA) is 117 Å². The van der Waals surface area contributed by atoms with Crippen LogP contribution in [0.3, 0.4) is 0 Å². The third-order valence-corrected chi connectivity index (χ3v) is 8.63. The van der Waals surface area contributed by atoms with Crippen LogP contribution in [-0.4, -0.2) is 112 Å². The molecule has 0 aliphatic carbocycles. The molecule has 13 heteroatoms. The van der Waals surface area contributed by atoms with E-state index < -0.39 is 47.1 Å². The number of benzene rings is 1. The van der Waals surface area contributed by atoms with Gasteiger partial charge >= 0.3 is 6.09 Å². The summed E-state index contributed by atoms with van der Waals surface area (Å²) < 4.78 is 40.9. The zero-order chi connectivity index (χ0) is 33.1. The summed E-state index contributed by atoms with van der Waals surface area (Å²) in [5.41, 5.74) is -0.155. The quantitative estimate of drug-likeness (QED) is 0.383. The van der Waals surface area contributed by atoms with Crippen LogP contribution in [0.4, 0.5) is 13.6 Å². The number of fused-ring (bicyclic) bond motifs is 1. The Hall–Kier alpha value is -3.32. The summed E-state index contributed by atoms with van der Waals surface area (Å²) in [6.45, 7) is 12.5. The molecule has 250 valence electrons. The lowest BCUT2D eigenvalue weighted by Gasteiger charge is -2.52. The second-order valence-electron chi connectivity index (χ2n) is 13.6. The van der Waals surface area contributed by atoms with Crippen LogP contribution >= 0.6 is 0 Å².